The summed E-state index contributed by atoms with van der Waals surface area (Å²) in [6.07, 6.45) is 0. The Balaban J connectivity index is 2.90. The Morgan fingerprint density at radius 3 is 2.00 bits per heavy atom. The fourth-order valence-corrected chi connectivity index (χ4v) is 0.760. The summed E-state index contributed by atoms with van der Waals surface area (Å²) in [5.74, 6) is 0. The van der Waals surface area contributed by atoms with E-state index in [1.807, 2.05) is 0 Å². The molecule has 0 aliphatic rings. The summed E-state index contributed by atoms with van der Waals surface area (Å²) in [7, 11) is 5.34. The Labute approximate surface area is 64.3 Å². The molecule has 0 saturated carbocycles. The van der Waals surface area contributed by atoms with E-state index in [1.54, 1.807) is 31.2 Å². The number of anilines is 1. The van der Waals surface area contributed by atoms with E-state index in [1.165, 1.54) is 6.07 Å². The molecule has 0 bridgehead atoms. The third-order valence-electron chi connectivity index (χ3n) is 1.67. The van der Waals surface area contributed by atoms with E-state index in [0.29, 0.717) is 5.69 Å². The van der Waals surface area contributed by atoms with E-state index in [9.17, 15) is 9.59 Å². The van der Waals surface area contributed by atoms with Crippen LogP contribution in [0.15, 0.2) is 15.7 Å². The van der Waals surface area contributed by atoms with Crippen molar-refractivity contribution in [1.29, 1.82) is 0 Å². The highest BCUT2D eigenvalue weighted by atomic mass is 16.2. The van der Waals surface area contributed by atoms with Crippen molar-refractivity contribution in [1.82, 2.24) is 5.01 Å². The molecule has 0 saturated heterocycles. The van der Waals surface area contributed by atoms with Crippen molar-refractivity contribution < 1.29 is 0 Å². The highest BCUT2D eigenvalue weighted by Gasteiger charge is 2.14. The predicted molar refractivity (Wildman–Crippen MR) is 43.4 cm³/mol. The van der Waals surface area contributed by atoms with Crippen molar-refractivity contribution in [2.45, 2.75) is 0 Å². The van der Waals surface area contributed by atoms with Gasteiger partial charge >= 0.3 is 0 Å². The maximum Gasteiger partial charge on any atom is 0.250 e. The molecule has 1 rings (SSSR count). The van der Waals surface area contributed by atoms with E-state index in [4.69, 9.17) is 0 Å². The van der Waals surface area contributed by atoms with Crippen molar-refractivity contribution in [3.05, 3.63) is 26.5 Å². The fourth-order valence-electron chi connectivity index (χ4n) is 0.760. The number of nitrogens with zero attached hydrogens (tertiary/aromatic N) is 2. The zero-order valence-corrected chi connectivity index (χ0v) is 6.79. The molecule has 11 heavy (non-hydrogen) atoms. The minimum absolute atomic E-state index is 0.402. The van der Waals surface area contributed by atoms with Gasteiger partial charge in [-0.15, -0.1) is 0 Å². The standard InChI is InChI=1S/C7H10N2O2/c1-8(2)9(3)5-4-6(10)7(5)11/h4H,1-3H3. The van der Waals surface area contributed by atoms with Crippen molar-refractivity contribution >= 4 is 5.69 Å². The molecule has 0 atom stereocenters. The Bertz CT molecular complexity index is 323. The third-order valence-corrected chi connectivity index (χ3v) is 1.67. The van der Waals surface area contributed by atoms with E-state index < -0.39 is 10.9 Å². The molecule has 0 radical (unpaired) electrons. The second kappa shape index (κ2) is 2.47. The number of hydrogen-bond donors (Lipinski definition) is 0. The Morgan fingerprint density at radius 2 is 1.73 bits per heavy atom. The van der Waals surface area contributed by atoms with Crippen LogP contribution in [0.5, 0.6) is 0 Å². The molecule has 0 spiro atoms. The van der Waals surface area contributed by atoms with Gasteiger partial charge in [0.2, 0.25) is 10.9 Å². The smallest absolute Gasteiger partial charge is 0.250 e. The van der Waals surface area contributed by atoms with E-state index in [-0.39, 0.29) is 0 Å². The van der Waals surface area contributed by atoms with Crippen LogP contribution < -0.4 is 15.9 Å². The Hall–Kier alpha value is -1.16. The predicted octanol–water partition coefficient (Wildman–Crippen LogP) is -0.805. The zero-order valence-electron chi connectivity index (χ0n) is 6.79. The monoisotopic (exact) mass is 154 g/mol. The van der Waals surface area contributed by atoms with E-state index in [0.717, 1.165) is 0 Å². The Kier molecular flexibility index (Phi) is 1.78. The summed E-state index contributed by atoms with van der Waals surface area (Å²) in [5, 5.41) is 3.36. The molecule has 4 heteroatoms. The summed E-state index contributed by atoms with van der Waals surface area (Å²) in [6.45, 7) is 0. The quantitative estimate of drug-likeness (QED) is 0.413. The van der Waals surface area contributed by atoms with Gasteiger partial charge in [-0.3, -0.25) is 9.59 Å². The van der Waals surface area contributed by atoms with Gasteiger partial charge in [0.1, 0.15) is 5.69 Å². The molecule has 0 aromatic heterocycles. The van der Waals surface area contributed by atoms with Crippen LogP contribution in [-0.2, 0) is 0 Å². The lowest BCUT2D eigenvalue weighted by atomic mass is 10.2. The lowest BCUT2D eigenvalue weighted by Crippen LogP contribution is -2.43. The molecule has 0 unspecified atom stereocenters. The summed E-state index contributed by atoms with van der Waals surface area (Å²) in [5.41, 5.74) is -0.352. The van der Waals surface area contributed by atoms with Crippen LogP contribution in [0.2, 0.25) is 0 Å². The van der Waals surface area contributed by atoms with Gasteiger partial charge in [-0.2, -0.15) is 0 Å². The number of rotatable bonds is 2. The second-order valence-corrected chi connectivity index (χ2v) is 2.59. The first-order valence-electron chi connectivity index (χ1n) is 3.25. The molecule has 0 amide bonds. The van der Waals surface area contributed by atoms with Gasteiger partial charge in [0.25, 0.3) is 0 Å². The van der Waals surface area contributed by atoms with Gasteiger partial charge in [0.05, 0.1) is 0 Å². The molecule has 0 heterocycles. The van der Waals surface area contributed by atoms with Crippen molar-refractivity contribution in [2.75, 3.05) is 26.2 Å². The largest absolute Gasteiger partial charge is 0.305 e. The van der Waals surface area contributed by atoms with E-state index >= 15 is 0 Å². The highest BCUT2D eigenvalue weighted by Crippen LogP contribution is 2.03. The molecular weight excluding hydrogens is 144 g/mol. The molecule has 4 nitrogen and oxygen atoms in total. The van der Waals surface area contributed by atoms with Crippen LogP contribution in [0.1, 0.15) is 0 Å². The summed E-state index contributed by atoms with van der Waals surface area (Å²) in [4.78, 5) is 21.3. The average Bonchev–Trinajstić information content (AvgIpc) is 1.98. The van der Waals surface area contributed by atoms with Crippen LogP contribution in [0, 0.1) is 0 Å². The lowest BCUT2D eigenvalue weighted by Gasteiger charge is -2.26. The normalized spacial score (nSPS) is 10.9. The maximum atomic E-state index is 10.8. The van der Waals surface area contributed by atoms with Crippen LogP contribution in [0.3, 0.4) is 0 Å². The first-order valence-corrected chi connectivity index (χ1v) is 3.25. The zero-order chi connectivity index (χ0) is 8.59. The van der Waals surface area contributed by atoms with Crippen molar-refractivity contribution in [2.24, 2.45) is 0 Å². The molecule has 60 valence electrons. The van der Waals surface area contributed by atoms with Crippen LogP contribution >= 0.6 is 0 Å². The highest BCUT2D eigenvalue weighted by molar-refractivity contribution is 5.48. The van der Waals surface area contributed by atoms with Gasteiger partial charge in [-0.05, 0) is 0 Å². The lowest BCUT2D eigenvalue weighted by molar-refractivity contribution is 0.395. The third kappa shape index (κ3) is 1.17. The Morgan fingerprint density at radius 1 is 1.18 bits per heavy atom. The first-order chi connectivity index (χ1) is 5.04. The minimum atomic E-state index is -0.409. The second-order valence-electron chi connectivity index (χ2n) is 2.59. The van der Waals surface area contributed by atoms with Crippen molar-refractivity contribution in [3.63, 3.8) is 0 Å². The van der Waals surface area contributed by atoms with Gasteiger partial charge in [0.15, 0.2) is 0 Å². The first kappa shape index (κ1) is 7.94. The minimum Gasteiger partial charge on any atom is -0.305 e. The summed E-state index contributed by atoms with van der Waals surface area (Å²) in [6, 6.07) is 1.34. The molecule has 0 fully saturated rings. The van der Waals surface area contributed by atoms with Gasteiger partial charge in [-0.1, -0.05) is 0 Å². The molecular formula is C7H10N2O2. The number of hydrazine groups is 1. The van der Waals surface area contributed by atoms with Gasteiger partial charge < -0.3 is 5.01 Å². The maximum absolute atomic E-state index is 10.8. The van der Waals surface area contributed by atoms with Crippen LogP contribution in [-0.4, -0.2) is 26.2 Å². The van der Waals surface area contributed by atoms with E-state index in [2.05, 4.69) is 0 Å². The van der Waals surface area contributed by atoms with Gasteiger partial charge in [0, 0.05) is 27.2 Å². The summed E-state index contributed by atoms with van der Waals surface area (Å²) >= 11 is 0. The van der Waals surface area contributed by atoms with Crippen LogP contribution in [0.25, 0.3) is 0 Å². The van der Waals surface area contributed by atoms with Crippen LogP contribution in [0.4, 0.5) is 5.69 Å². The number of hydrogen-bond acceptors (Lipinski definition) is 4. The van der Waals surface area contributed by atoms with Crippen molar-refractivity contribution in [3.8, 4) is 0 Å². The SMILES string of the molecule is CN(C)N(C)c1cc(=O)c1=O. The van der Waals surface area contributed by atoms with Gasteiger partial charge in [-0.25, -0.2) is 5.01 Å². The topological polar surface area (TPSA) is 40.6 Å². The summed E-state index contributed by atoms with van der Waals surface area (Å²) < 4.78 is 0. The molecule has 1 aromatic carbocycles. The molecule has 0 N–H and O–H groups in total. The molecule has 0 aliphatic heterocycles. The molecule has 0 aliphatic carbocycles. The average molecular weight is 154 g/mol. The fraction of sp³-hybridized carbons (Fsp3) is 0.429. The molecule has 1 aromatic rings.